The van der Waals surface area contributed by atoms with Gasteiger partial charge in [0.25, 0.3) is 0 Å². The van der Waals surface area contributed by atoms with E-state index in [0.29, 0.717) is 6.42 Å². The monoisotopic (exact) mass is 173 g/mol. The molecular weight excluding hydrogens is 162 g/mol. The normalized spacial score (nSPS) is 10.5. The third-order valence-corrected chi connectivity index (χ3v) is 2.21. The predicted molar refractivity (Wildman–Crippen MR) is 52.9 cm³/mol. The van der Waals surface area contributed by atoms with Crippen LogP contribution < -0.4 is 0 Å². The Morgan fingerprint density at radius 3 is 2.92 bits per heavy atom. The van der Waals surface area contributed by atoms with Crippen molar-refractivity contribution in [2.75, 3.05) is 0 Å². The lowest BCUT2D eigenvalue weighted by Gasteiger charge is -1.93. The van der Waals surface area contributed by atoms with Gasteiger partial charge in [-0.3, -0.25) is 4.79 Å². The number of carbonyl (C=O) groups is 1. The van der Waals surface area contributed by atoms with E-state index in [1.807, 2.05) is 31.2 Å². The lowest BCUT2D eigenvalue weighted by molar-refractivity contribution is 0.0990. The number of aromatic amines is 1. The maximum Gasteiger partial charge on any atom is 0.164 e. The number of H-pyrrole nitrogens is 1. The molecule has 0 aliphatic rings. The number of hydrogen-bond acceptors (Lipinski definition) is 1. The van der Waals surface area contributed by atoms with E-state index < -0.39 is 0 Å². The molecule has 66 valence electrons. The van der Waals surface area contributed by atoms with E-state index in [1.165, 1.54) is 0 Å². The Morgan fingerprint density at radius 2 is 2.15 bits per heavy atom. The molecule has 0 bridgehead atoms. The van der Waals surface area contributed by atoms with Crippen molar-refractivity contribution >= 4 is 16.7 Å². The first-order valence-corrected chi connectivity index (χ1v) is 4.42. The number of hydrogen-bond donors (Lipinski definition) is 1. The largest absolute Gasteiger partial charge is 0.360 e. The van der Waals surface area contributed by atoms with Crippen LogP contribution in [-0.2, 0) is 0 Å². The lowest BCUT2D eigenvalue weighted by Crippen LogP contribution is -1.93. The van der Waals surface area contributed by atoms with Gasteiger partial charge in [-0.15, -0.1) is 0 Å². The van der Waals surface area contributed by atoms with Crippen molar-refractivity contribution in [3.05, 3.63) is 36.0 Å². The van der Waals surface area contributed by atoms with Crippen LogP contribution in [0.4, 0.5) is 0 Å². The standard InChI is InChI=1S/C11H11NO/c1-2-11(13)9-7-12-10-6-4-3-5-8(9)10/h3-7,12H,2H2,1H3. The summed E-state index contributed by atoms with van der Waals surface area (Å²) < 4.78 is 0. The Hall–Kier alpha value is -1.57. The van der Waals surface area contributed by atoms with E-state index in [1.54, 1.807) is 6.20 Å². The lowest BCUT2D eigenvalue weighted by atomic mass is 10.1. The van der Waals surface area contributed by atoms with Gasteiger partial charge >= 0.3 is 0 Å². The van der Waals surface area contributed by atoms with Crippen molar-refractivity contribution in [3.8, 4) is 0 Å². The molecule has 2 heteroatoms. The molecule has 0 saturated heterocycles. The average Bonchev–Trinajstić information content (AvgIpc) is 2.60. The van der Waals surface area contributed by atoms with Gasteiger partial charge in [-0.1, -0.05) is 25.1 Å². The molecule has 0 saturated carbocycles. The molecule has 0 fully saturated rings. The molecule has 2 aromatic rings. The van der Waals surface area contributed by atoms with Crippen LogP contribution in [0, 0.1) is 0 Å². The Kier molecular flexibility index (Phi) is 1.89. The van der Waals surface area contributed by atoms with Crippen molar-refractivity contribution in [1.82, 2.24) is 4.98 Å². The topological polar surface area (TPSA) is 32.9 Å². The van der Waals surface area contributed by atoms with E-state index in [-0.39, 0.29) is 5.78 Å². The predicted octanol–water partition coefficient (Wildman–Crippen LogP) is 2.76. The molecule has 0 aliphatic heterocycles. The minimum Gasteiger partial charge on any atom is -0.360 e. The third kappa shape index (κ3) is 1.24. The summed E-state index contributed by atoms with van der Waals surface area (Å²) in [4.78, 5) is 14.6. The Morgan fingerprint density at radius 1 is 1.38 bits per heavy atom. The van der Waals surface area contributed by atoms with E-state index in [9.17, 15) is 4.79 Å². The maximum atomic E-state index is 11.5. The molecule has 13 heavy (non-hydrogen) atoms. The summed E-state index contributed by atoms with van der Waals surface area (Å²) in [5.41, 5.74) is 1.83. The number of ketones is 1. The third-order valence-electron chi connectivity index (χ3n) is 2.21. The summed E-state index contributed by atoms with van der Waals surface area (Å²) in [7, 11) is 0. The van der Waals surface area contributed by atoms with Gasteiger partial charge < -0.3 is 4.98 Å². The van der Waals surface area contributed by atoms with Gasteiger partial charge in [0, 0.05) is 29.1 Å². The molecule has 1 aromatic carbocycles. The molecule has 0 aliphatic carbocycles. The molecule has 0 amide bonds. The second kappa shape index (κ2) is 3.05. The first-order valence-electron chi connectivity index (χ1n) is 4.42. The highest BCUT2D eigenvalue weighted by molar-refractivity contribution is 6.07. The number of fused-ring (bicyclic) bond motifs is 1. The fourth-order valence-corrected chi connectivity index (χ4v) is 1.49. The van der Waals surface area contributed by atoms with Gasteiger partial charge in [-0.2, -0.15) is 0 Å². The van der Waals surface area contributed by atoms with Crippen LogP contribution in [0.5, 0.6) is 0 Å². The Bertz CT molecular complexity index is 442. The highest BCUT2D eigenvalue weighted by atomic mass is 16.1. The number of Topliss-reactive ketones (excluding diaryl/α,β-unsaturated/α-hetero) is 1. The summed E-state index contributed by atoms with van der Waals surface area (Å²) in [6.45, 7) is 1.88. The van der Waals surface area contributed by atoms with Crippen LogP contribution in [0.3, 0.4) is 0 Å². The summed E-state index contributed by atoms with van der Waals surface area (Å²) in [5.74, 6) is 0.192. The zero-order chi connectivity index (χ0) is 9.26. The van der Waals surface area contributed by atoms with E-state index in [0.717, 1.165) is 16.5 Å². The van der Waals surface area contributed by atoms with Gasteiger partial charge in [-0.25, -0.2) is 0 Å². The zero-order valence-corrected chi connectivity index (χ0v) is 7.50. The number of nitrogens with one attached hydrogen (secondary N) is 1. The highest BCUT2D eigenvalue weighted by Gasteiger charge is 2.08. The molecule has 0 radical (unpaired) electrons. The maximum absolute atomic E-state index is 11.5. The summed E-state index contributed by atoms with van der Waals surface area (Å²) in [6.07, 6.45) is 2.35. The molecule has 0 unspecified atom stereocenters. The molecule has 1 heterocycles. The number of aromatic nitrogens is 1. The second-order valence-corrected chi connectivity index (χ2v) is 3.02. The fourth-order valence-electron chi connectivity index (χ4n) is 1.49. The van der Waals surface area contributed by atoms with Crippen molar-refractivity contribution in [2.24, 2.45) is 0 Å². The first-order chi connectivity index (χ1) is 6.33. The summed E-state index contributed by atoms with van der Waals surface area (Å²) >= 11 is 0. The quantitative estimate of drug-likeness (QED) is 0.696. The number of carbonyl (C=O) groups excluding carboxylic acids is 1. The van der Waals surface area contributed by atoms with Crippen LogP contribution in [0.2, 0.25) is 0 Å². The molecule has 2 nitrogen and oxygen atoms in total. The molecule has 1 N–H and O–H groups in total. The number of rotatable bonds is 2. The van der Waals surface area contributed by atoms with Crippen LogP contribution >= 0.6 is 0 Å². The second-order valence-electron chi connectivity index (χ2n) is 3.02. The zero-order valence-electron chi connectivity index (χ0n) is 7.50. The molecule has 1 aromatic heterocycles. The van der Waals surface area contributed by atoms with Gasteiger partial charge in [-0.05, 0) is 6.07 Å². The van der Waals surface area contributed by atoms with Gasteiger partial charge in [0.05, 0.1) is 0 Å². The fraction of sp³-hybridized carbons (Fsp3) is 0.182. The van der Waals surface area contributed by atoms with Crippen LogP contribution in [0.1, 0.15) is 23.7 Å². The van der Waals surface area contributed by atoms with E-state index >= 15 is 0 Å². The highest BCUT2D eigenvalue weighted by Crippen LogP contribution is 2.18. The van der Waals surface area contributed by atoms with E-state index in [4.69, 9.17) is 0 Å². The Labute approximate surface area is 76.6 Å². The molecule has 0 atom stereocenters. The smallest absolute Gasteiger partial charge is 0.164 e. The van der Waals surface area contributed by atoms with Gasteiger partial charge in [0.1, 0.15) is 0 Å². The Balaban J connectivity index is 2.64. The van der Waals surface area contributed by atoms with Crippen molar-refractivity contribution in [2.45, 2.75) is 13.3 Å². The van der Waals surface area contributed by atoms with Gasteiger partial charge in [0.15, 0.2) is 5.78 Å². The van der Waals surface area contributed by atoms with Gasteiger partial charge in [0.2, 0.25) is 0 Å². The minimum absolute atomic E-state index is 0.192. The number of benzene rings is 1. The number of para-hydroxylation sites is 1. The van der Waals surface area contributed by atoms with Crippen LogP contribution in [-0.4, -0.2) is 10.8 Å². The SMILES string of the molecule is CCC(=O)c1c[nH]c2ccccc12. The summed E-state index contributed by atoms with van der Waals surface area (Å²) in [6, 6.07) is 7.85. The van der Waals surface area contributed by atoms with Crippen molar-refractivity contribution < 1.29 is 4.79 Å². The molecular formula is C11H11NO. The van der Waals surface area contributed by atoms with Crippen LogP contribution in [0.15, 0.2) is 30.5 Å². The molecule has 0 spiro atoms. The first kappa shape index (κ1) is 8.05. The minimum atomic E-state index is 0.192. The van der Waals surface area contributed by atoms with Crippen LogP contribution in [0.25, 0.3) is 10.9 Å². The molecule has 2 rings (SSSR count). The van der Waals surface area contributed by atoms with Crippen molar-refractivity contribution in [1.29, 1.82) is 0 Å². The van der Waals surface area contributed by atoms with Crippen molar-refractivity contribution in [3.63, 3.8) is 0 Å². The average molecular weight is 173 g/mol. The van der Waals surface area contributed by atoms with E-state index in [2.05, 4.69) is 4.98 Å². The summed E-state index contributed by atoms with van der Waals surface area (Å²) in [5, 5.41) is 1.02.